The molecule has 4 N–H and O–H groups in total. The molecule has 0 aliphatic heterocycles. The van der Waals surface area contributed by atoms with Crippen LogP contribution in [-0.4, -0.2) is 32.6 Å². The van der Waals surface area contributed by atoms with Gasteiger partial charge in [-0.15, -0.1) is 0 Å². The molecule has 0 saturated carbocycles. The first-order chi connectivity index (χ1) is 10.5. The number of amides is 2. The first-order valence-electron chi connectivity index (χ1n) is 6.87. The van der Waals surface area contributed by atoms with Gasteiger partial charge >= 0.3 is 6.09 Å². The molecule has 1 aromatic carbocycles. The molecule has 1 aromatic rings. The van der Waals surface area contributed by atoms with Crippen molar-refractivity contribution >= 4 is 27.7 Å². The Morgan fingerprint density at radius 1 is 1.22 bits per heavy atom. The highest BCUT2D eigenvalue weighted by Gasteiger charge is 2.17. The molecule has 0 aliphatic carbocycles. The van der Waals surface area contributed by atoms with Gasteiger partial charge in [0.2, 0.25) is 15.9 Å². The van der Waals surface area contributed by atoms with Crippen LogP contribution in [0.15, 0.2) is 29.2 Å². The van der Waals surface area contributed by atoms with Gasteiger partial charge in [0, 0.05) is 13.0 Å². The third kappa shape index (κ3) is 7.11. The van der Waals surface area contributed by atoms with Crippen molar-refractivity contribution in [2.75, 3.05) is 11.9 Å². The standard InChI is InChI=1S/C14H21N3O5S/c1-14(2,3)22-13(19)16-9-8-12(18)17-10-6-4-5-7-11(10)23(15,20)21/h4-7H,8-9H2,1-3H3,(H,16,19)(H,17,18)(H2,15,20,21). The van der Waals surface area contributed by atoms with E-state index in [1.165, 1.54) is 18.2 Å². The minimum absolute atomic E-state index is 0.0435. The van der Waals surface area contributed by atoms with E-state index in [1.54, 1.807) is 26.8 Å². The summed E-state index contributed by atoms with van der Waals surface area (Å²) in [5.74, 6) is -0.461. The van der Waals surface area contributed by atoms with Gasteiger partial charge in [0.05, 0.1) is 5.69 Å². The summed E-state index contributed by atoms with van der Waals surface area (Å²) in [4.78, 5) is 23.1. The van der Waals surface area contributed by atoms with E-state index in [0.29, 0.717) is 0 Å². The molecule has 0 atom stereocenters. The summed E-state index contributed by atoms with van der Waals surface area (Å²) in [6.45, 7) is 5.23. The van der Waals surface area contributed by atoms with Crippen molar-refractivity contribution in [1.82, 2.24) is 5.32 Å². The maximum atomic E-state index is 11.8. The summed E-state index contributed by atoms with van der Waals surface area (Å²) in [6, 6.07) is 5.80. The fourth-order valence-electron chi connectivity index (χ4n) is 1.62. The molecule has 1 rings (SSSR count). The highest BCUT2D eigenvalue weighted by Crippen LogP contribution is 2.19. The van der Waals surface area contributed by atoms with E-state index in [4.69, 9.17) is 9.88 Å². The molecule has 23 heavy (non-hydrogen) atoms. The molecule has 0 heterocycles. The summed E-state index contributed by atoms with van der Waals surface area (Å²) in [5, 5.41) is 9.96. The third-order valence-electron chi connectivity index (χ3n) is 2.49. The van der Waals surface area contributed by atoms with Crippen LogP contribution in [0.5, 0.6) is 0 Å². The average Bonchev–Trinajstić information content (AvgIpc) is 2.35. The zero-order chi connectivity index (χ0) is 17.7. The zero-order valence-electron chi connectivity index (χ0n) is 13.3. The number of sulfonamides is 1. The van der Waals surface area contributed by atoms with E-state index >= 15 is 0 Å². The average molecular weight is 343 g/mol. The van der Waals surface area contributed by atoms with E-state index in [2.05, 4.69) is 10.6 Å². The van der Waals surface area contributed by atoms with Crippen molar-refractivity contribution in [1.29, 1.82) is 0 Å². The molecule has 2 amide bonds. The van der Waals surface area contributed by atoms with E-state index in [-0.39, 0.29) is 23.5 Å². The molecule has 0 unspecified atom stereocenters. The lowest BCUT2D eigenvalue weighted by atomic mass is 10.2. The zero-order valence-corrected chi connectivity index (χ0v) is 14.1. The lowest BCUT2D eigenvalue weighted by molar-refractivity contribution is -0.116. The van der Waals surface area contributed by atoms with Crippen LogP contribution in [0.3, 0.4) is 0 Å². The number of nitrogens with two attached hydrogens (primary N) is 1. The van der Waals surface area contributed by atoms with Crippen LogP contribution in [-0.2, 0) is 19.6 Å². The molecule has 0 aromatic heterocycles. The number of carbonyl (C=O) groups is 2. The van der Waals surface area contributed by atoms with Gasteiger partial charge in [-0.25, -0.2) is 18.4 Å². The van der Waals surface area contributed by atoms with Crippen LogP contribution in [0.4, 0.5) is 10.5 Å². The van der Waals surface area contributed by atoms with Crippen LogP contribution >= 0.6 is 0 Å². The van der Waals surface area contributed by atoms with E-state index in [0.717, 1.165) is 0 Å². The fraction of sp³-hybridized carbons (Fsp3) is 0.429. The highest BCUT2D eigenvalue weighted by atomic mass is 32.2. The second-order valence-corrected chi connectivity index (χ2v) is 7.30. The van der Waals surface area contributed by atoms with Gasteiger partial charge in [0.1, 0.15) is 10.5 Å². The normalized spacial score (nSPS) is 11.7. The van der Waals surface area contributed by atoms with Gasteiger partial charge in [0.25, 0.3) is 0 Å². The van der Waals surface area contributed by atoms with Crippen LogP contribution in [0, 0.1) is 0 Å². The van der Waals surface area contributed by atoms with Crippen LogP contribution in [0.25, 0.3) is 0 Å². The lowest BCUT2D eigenvalue weighted by Gasteiger charge is -2.19. The van der Waals surface area contributed by atoms with Crippen molar-refractivity contribution in [3.63, 3.8) is 0 Å². The van der Waals surface area contributed by atoms with Crippen molar-refractivity contribution in [3.8, 4) is 0 Å². The maximum Gasteiger partial charge on any atom is 0.407 e. The highest BCUT2D eigenvalue weighted by molar-refractivity contribution is 7.89. The minimum atomic E-state index is -3.94. The molecule has 0 radical (unpaired) electrons. The molecule has 0 aliphatic rings. The first-order valence-corrected chi connectivity index (χ1v) is 8.42. The lowest BCUT2D eigenvalue weighted by Crippen LogP contribution is -2.34. The molecule has 9 heteroatoms. The monoisotopic (exact) mass is 343 g/mol. The van der Waals surface area contributed by atoms with Crippen molar-refractivity contribution in [2.45, 2.75) is 37.7 Å². The number of nitrogens with one attached hydrogen (secondary N) is 2. The van der Waals surface area contributed by atoms with Gasteiger partial charge in [-0.05, 0) is 32.9 Å². The van der Waals surface area contributed by atoms with E-state index in [9.17, 15) is 18.0 Å². The smallest absolute Gasteiger partial charge is 0.407 e. The first kappa shape index (κ1) is 18.9. The fourth-order valence-corrected chi connectivity index (χ4v) is 2.32. The minimum Gasteiger partial charge on any atom is -0.444 e. The number of para-hydroxylation sites is 1. The Bertz CT molecular complexity index is 680. The summed E-state index contributed by atoms with van der Waals surface area (Å²) in [7, 11) is -3.94. The Labute approximate surface area is 135 Å². The van der Waals surface area contributed by atoms with Gasteiger partial charge < -0.3 is 15.4 Å². The van der Waals surface area contributed by atoms with Crippen molar-refractivity contribution in [3.05, 3.63) is 24.3 Å². The molecule has 0 spiro atoms. The Morgan fingerprint density at radius 2 is 1.83 bits per heavy atom. The van der Waals surface area contributed by atoms with Gasteiger partial charge in [-0.2, -0.15) is 0 Å². The number of carbonyl (C=O) groups excluding carboxylic acids is 2. The van der Waals surface area contributed by atoms with Crippen LogP contribution < -0.4 is 15.8 Å². The number of alkyl carbamates (subject to hydrolysis) is 1. The quantitative estimate of drug-likeness (QED) is 0.740. The number of benzene rings is 1. The molecule has 0 bridgehead atoms. The summed E-state index contributed by atoms with van der Waals surface area (Å²) < 4.78 is 27.9. The second-order valence-electron chi connectivity index (χ2n) is 5.77. The van der Waals surface area contributed by atoms with Crippen molar-refractivity contribution in [2.24, 2.45) is 5.14 Å². The van der Waals surface area contributed by atoms with Crippen molar-refractivity contribution < 1.29 is 22.7 Å². The topological polar surface area (TPSA) is 128 Å². The van der Waals surface area contributed by atoms with Gasteiger partial charge in [0.15, 0.2) is 0 Å². The Kier molecular flexibility index (Phi) is 6.11. The van der Waals surface area contributed by atoms with Crippen LogP contribution in [0.2, 0.25) is 0 Å². The van der Waals surface area contributed by atoms with Crippen LogP contribution in [0.1, 0.15) is 27.2 Å². The van der Waals surface area contributed by atoms with E-state index in [1.807, 2.05) is 0 Å². The second kappa shape index (κ2) is 7.42. The number of hydrogen-bond acceptors (Lipinski definition) is 5. The molecule has 128 valence electrons. The van der Waals surface area contributed by atoms with E-state index < -0.39 is 27.6 Å². The summed E-state index contributed by atoms with van der Waals surface area (Å²) in [6.07, 6.45) is -0.673. The predicted molar refractivity (Wildman–Crippen MR) is 85.3 cm³/mol. The van der Waals surface area contributed by atoms with Gasteiger partial charge in [-0.3, -0.25) is 4.79 Å². The largest absolute Gasteiger partial charge is 0.444 e. The Hall–Kier alpha value is -2.13. The number of anilines is 1. The van der Waals surface area contributed by atoms with Gasteiger partial charge in [-0.1, -0.05) is 12.1 Å². The SMILES string of the molecule is CC(C)(C)OC(=O)NCCC(=O)Nc1ccccc1S(N)(=O)=O. The maximum absolute atomic E-state index is 11.8. The number of rotatable bonds is 5. The predicted octanol–water partition coefficient (Wildman–Crippen LogP) is 1.19. The summed E-state index contributed by atoms with van der Waals surface area (Å²) >= 11 is 0. The molecular weight excluding hydrogens is 322 g/mol. The molecular formula is C14H21N3O5S. The summed E-state index contributed by atoms with van der Waals surface area (Å²) in [5.41, 5.74) is -0.530. The Morgan fingerprint density at radius 3 is 2.39 bits per heavy atom. The molecule has 8 nitrogen and oxygen atoms in total. The molecule has 0 fully saturated rings. The number of hydrogen-bond donors (Lipinski definition) is 3. The third-order valence-corrected chi connectivity index (χ3v) is 3.46. The number of primary sulfonamides is 1. The Balaban J connectivity index is 2.55. The molecule has 0 saturated heterocycles. The number of ether oxygens (including phenoxy) is 1.